The minimum atomic E-state index is -1.18. The second-order valence-corrected chi connectivity index (χ2v) is 11.4. The van der Waals surface area contributed by atoms with E-state index in [0.717, 1.165) is 12.8 Å². The lowest BCUT2D eigenvalue weighted by atomic mass is 9.92. The number of benzene rings is 1. The van der Waals surface area contributed by atoms with Crippen molar-refractivity contribution in [1.82, 2.24) is 15.5 Å². The predicted octanol–water partition coefficient (Wildman–Crippen LogP) is 3.80. The maximum Gasteiger partial charge on any atom is 0.408 e. The first-order valence-electron chi connectivity index (χ1n) is 13.0. The maximum atomic E-state index is 14.2. The topological polar surface area (TPSA) is 131 Å². The first-order valence-corrected chi connectivity index (χ1v) is 13.0. The van der Waals surface area contributed by atoms with Gasteiger partial charge < -0.3 is 26.0 Å². The molecule has 3 unspecified atom stereocenters. The van der Waals surface area contributed by atoms with Crippen molar-refractivity contribution in [3.63, 3.8) is 0 Å². The van der Waals surface area contributed by atoms with Crippen molar-refractivity contribution < 1.29 is 23.9 Å². The number of ether oxygens (including phenoxy) is 1. The Morgan fingerprint density at radius 3 is 2.16 bits per heavy atom. The molecule has 1 aromatic rings. The van der Waals surface area contributed by atoms with Crippen LogP contribution in [0.2, 0.25) is 0 Å². The van der Waals surface area contributed by atoms with E-state index in [-0.39, 0.29) is 18.9 Å². The third kappa shape index (κ3) is 10.1. The number of hydrogen-bond acceptors (Lipinski definition) is 5. The molecule has 210 valence electrons. The highest BCUT2D eigenvalue weighted by atomic mass is 16.6. The van der Waals surface area contributed by atoms with Gasteiger partial charge in [0.25, 0.3) is 0 Å². The minimum absolute atomic E-state index is 0.0721. The molecule has 0 radical (unpaired) electrons. The van der Waals surface area contributed by atoms with E-state index < -0.39 is 47.0 Å². The monoisotopic (exact) mass is 528 g/mol. The van der Waals surface area contributed by atoms with E-state index in [9.17, 15) is 19.2 Å². The summed E-state index contributed by atoms with van der Waals surface area (Å²) in [6.07, 6.45) is 6.34. The number of carbonyl (C=O) groups is 4. The van der Waals surface area contributed by atoms with Gasteiger partial charge in [-0.2, -0.15) is 0 Å². The molecule has 0 heterocycles. The van der Waals surface area contributed by atoms with Crippen molar-refractivity contribution in [2.45, 2.75) is 110 Å². The molecule has 38 heavy (non-hydrogen) atoms. The molecule has 0 aliphatic rings. The summed E-state index contributed by atoms with van der Waals surface area (Å²) in [4.78, 5) is 53.7. The zero-order valence-electron chi connectivity index (χ0n) is 24.0. The van der Waals surface area contributed by atoms with Crippen LogP contribution in [0.5, 0.6) is 0 Å². The number of primary amides is 1. The van der Waals surface area contributed by atoms with E-state index in [1.807, 2.05) is 13.8 Å². The van der Waals surface area contributed by atoms with Gasteiger partial charge in [0.05, 0.1) is 0 Å². The molecular weight excluding hydrogens is 484 g/mol. The Hall–Kier alpha value is -3.54. The number of alkyl carbamates (subject to hydrolysis) is 1. The van der Waals surface area contributed by atoms with E-state index in [4.69, 9.17) is 16.9 Å². The number of rotatable bonds is 11. The Morgan fingerprint density at radius 1 is 1.05 bits per heavy atom. The smallest absolute Gasteiger partial charge is 0.408 e. The summed E-state index contributed by atoms with van der Waals surface area (Å²) in [5.41, 5.74) is 4.60. The number of nitrogens with one attached hydrogen (secondary N) is 2. The van der Waals surface area contributed by atoms with Crippen LogP contribution in [0.25, 0.3) is 0 Å². The Labute approximate surface area is 227 Å². The standard InChI is InChI=1S/C29H44N4O5/c1-10-14-19(3)31-25(35)24(21-16-13-12-15-20(21)11-2)33(28(4,5)6)26(36)22(17-18-23(30)34)32-27(37)38-29(7,8)9/h2,12-13,15-16,19,22,24H,10,14,17-18H2,1,3-9H3,(H2,30,34)(H,31,35)(H,32,37). The number of amides is 4. The van der Waals surface area contributed by atoms with Crippen molar-refractivity contribution in [3.05, 3.63) is 35.4 Å². The summed E-state index contributed by atoms with van der Waals surface area (Å²) in [5, 5.41) is 5.60. The summed E-state index contributed by atoms with van der Waals surface area (Å²) in [5.74, 6) is 1.01. The highest BCUT2D eigenvalue weighted by Gasteiger charge is 2.42. The molecule has 1 aromatic carbocycles. The minimum Gasteiger partial charge on any atom is -0.444 e. The Kier molecular flexibility index (Phi) is 11.8. The van der Waals surface area contributed by atoms with Gasteiger partial charge >= 0.3 is 6.09 Å². The number of hydrogen-bond donors (Lipinski definition) is 3. The van der Waals surface area contributed by atoms with Crippen LogP contribution >= 0.6 is 0 Å². The van der Waals surface area contributed by atoms with Crippen LogP contribution in [-0.4, -0.2) is 51.9 Å². The van der Waals surface area contributed by atoms with E-state index in [1.54, 1.807) is 65.8 Å². The lowest BCUT2D eigenvalue weighted by Crippen LogP contribution is -2.59. The van der Waals surface area contributed by atoms with Gasteiger partial charge in [0.1, 0.15) is 17.7 Å². The molecule has 9 nitrogen and oxygen atoms in total. The lowest BCUT2D eigenvalue weighted by Gasteiger charge is -2.43. The molecule has 0 bridgehead atoms. The quantitative estimate of drug-likeness (QED) is 0.376. The maximum absolute atomic E-state index is 14.2. The average molecular weight is 529 g/mol. The number of nitrogens with zero attached hydrogens (tertiary/aromatic N) is 1. The molecule has 0 saturated carbocycles. The third-order valence-electron chi connectivity index (χ3n) is 5.66. The fraction of sp³-hybridized carbons (Fsp3) is 0.586. The molecule has 3 atom stereocenters. The zero-order chi connectivity index (χ0) is 29.3. The summed E-state index contributed by atoms with van der Waals surface area (Å²) in [6.45, 7) is 14.4. The Morgan fingerprint density at radius 2 is 1.66 bits per heavy atom. The SMILES string of the molecule is C#Cc1ccccc1C(C(=O)NC(C)CCC)N(C(=O)C(CCC(N)=O)NC(=O)OC(C)(C)C)C(C)(C)C. The third-order valence-corrected chi connectivity index (χ3v) is 5.66. The van der Waals surface area contributed by atoms with Gasteiger partial charge in [-0.3, -0.25) is 14.4 Å². The van der Waals surface area contributed by atoms with Gasteiger partial charge in [0.2, 0.25) is 17.7 Å². The van der Waals surface area contributed by atoms with E-state index in [0.29, 0.717) is 11.1 Å². The van der Waals surface area contributed by atoms with E-state index >= 15 is 0 Å². The average Bonchev–Trinajstić information content (AvgIpc) is 2.77. The molecule has 0 aliphatic carbocycles. The van der Waals surface area contributed by atoms with Crippen LogP contribution in [0.15, 0.2) is 24.3 Å². The van der Waals surface area contributed by atoms with Gasteiger partial charge in [0, 0.05) is 23.6 Å². The summed E-state index contributed by atoms with van der Waals surface area (Å²) >= 11 is 0. The molecule has 0 aliphatic heterocycles. The summed E-state index contributed by atoms with van der Waals surface area (Å²) in [7, 11) is 0. The van der Waals surface area contributed by atoms with Crippen molar-refractivity contribution >= 4 is 23.8 Å². The second kappa shape index (κ2) is 13.8. The lowest BCUT2D eigenvalue weighted by molar-refractivity contribution is -0.149. The Balaban J connectivity index is 3.67. The first-order chi connectivity index (χ1) is 17.5. The van der Waals surface area contributed by atoms with Gasteiger partial charge in [-0.15, -0.1) is 6.42 Å². The van der Waals surface area contributed by atoms with Crippen LogP contribution in [0.3, 0.4) is 0 Å². The van der Waals surface area contributed by atoms with Crippen molar-refractivity contribution in [2.24, 2.45) is 5.73 Å². The number of terminal acetylenes is 1. The van der Waals surface area contributed by atoms with Crippen LogP contribution < -0.4 is 16.4 Å². The van der Waals surface area contributed by atoms with E-state index in [1.165, 1.54) is 4.90 Å². The molecule has 1 rings (SSSR count). The van der Waals surface area contributed by atoms with Crippen molar-refractivity contribution in [3.8, 4) is 12.3 Å². The zero-order valence-corrected chi connectivity index (χ0v) is 24.0. The fourth-order valence-corrected chi connectivity index (χ4v) is 4.10. The number of nitrogens with two attached hydrogens (primary N) is 1. The fourth-order valence-electron chi connectivity index (χ4n) is 4.10. The van der Waals surface area contributed by atoms with Crippen LogP contribution in [0, 0.1) is 12.3 Å². The second-order valence-electron chi connectivity index (χ2n) is 11.4. The van der Waals surface area contributed by atoms with E-state index in [2.05, 4.69) is 16.6 Å². The highest BCUT2D eigenvalue weighted by Crippen LogP contribution is 2.32. The van der Waals surface area contributed by atoms with Crippen molar-refractivity contribution in [1.29, 1.82) is 0 Å². The molecule has 9 heteroatoms. The molecule has 4 N–H and O–H groups in total. The normalized spacial score (nSPS) is 13.9. The first kappa shape index (κ1) is 32.5. The van der Waals surface area contributed by atoms with Crippen LogP contribution in [0.1, 0.15) is 98.2 Å². The van der Waals surface area contributed by atoms with Gasteiger partial charge in [-0.05, 0) is 72.9 Å². The van der Waals surface area contributed by atoms with Crippen LogP contribution in [-0.2, 0) is 19.1 Å². The summed E-state index contributed by atoms with van der Waals surface area (Å²) < 4.78 is 5.36. The van der Waals surface area contributed by atoms with Gasteiger partial charge in [-0.1, -0.05) is 37.5 Å². The molecular formula is C29H44N4O5. The largest absolute Gasteiger partial charge is 0.444 e. The number of carbonyl (C=O) groups excluding carboxylic acids is 4. The molecule has 0 saturated heterocycles. The van der Waals surface area contributed by atoms with Crippen LogP contribution in [0.4, 0.5) is 4.79 Å². The predicted molar refractivity (Wildman–Crippen MR) is 148 cm³/mol. The molecule has 4 amide bonds. The molecule has 0 spiro atoms. The summed E-state index contributed by atoms with van der Waals surface area (Å²) in [6, 6.07) is 4.51. The molecule has 0 fully saturated rings. The van der Waals surface area contributed by atoms with Gasteiger partial charge in [0.15, 0.2) is 0 Å². The van der Waals surface area contributed by atoms with Gasteiger partial charge in [-0.25, -0.2) is 4.79 Å². The molecule has 0 aromatic heterocycles. The highest BCUT2D eigenvalue weighted by molar-refractivity contribution is 5.93. The Bertz CT molecular complexity index is 1030. The van der Waals surface area contributed by atoms with Crippen molar-refractivity contribution in [2.75, 3.05) is 0 Å².